The molecule has 0 aromatic carbocycles. The lowest BCUT2D eigenvalue weighted by molar-refractivity contribution is 0.278. The highest BCUT2D eigenvalue weighted by Gasteiger charge is 2.19. The molecule has 1 aliphatic rings. The lowest BCUT2D eigenvalue weighted by Gasteiger charge is -2.27. The van der Waals surface area contributed by atoms with E-state index in [9.17, 15) is 0 Å². The Morgan fingerprint density at radius 3 is 2.61 bits per heavy atom. The average Bonchev–Trinajstić information content (AvgIpc) is 2.46. The summed E-state index contributed by atoms with van der Waals surface area (Å²) in [7, 11) is 1.84. The Balaban J connectivity index is 1.77. The molecule has 2 rings (SSSR count). The molecule has 1 aromatic rings. The summed E-state index contributed by atoms with van der Waals surface area (Å²) in [6.07, 6.45) is 8.64. The van der Waals surface area contributed by atoms with Gasteiger partial charge in [-0.1, -0.05) is 26.2 Å². The Bertz CT molecular complexity index is 359. The number of hydrogen-bond donors (Lipinski definition) is 2. The molecule has 0 spiro atoms. The molecule has 1 aliphatic carbocycles. The van der Waals surface area contributed by atoms with Crippen LogP contribution < -0.4 is 10.6 Å². The van der Waals surface area contributed by atoms with Gasteiger partial charge in [-0.2, -0.15) is 4.98 Å². The van der Waals surface area contributed by atoms with Crippen LogP contribution in [0.25, 0.3) is 0 Å². The highest BCUT2D eigenvalue weighted by Crippen LogP contribution is 2.30. The topological polar surface area (TPSA) is 49.8 Å². The predicted molar refractivity (Wildman–Crippen MR) is 75.8 cm³/mol. The molecule has 18 heavy (non-hydrogen) atoms. The highest BCUT2D eigenvalue weighted by atomic mass is 15.1. The Labute approximate surface area is 110 Å². The molecule has 100 valence electrons. The van der Waals surface area contributed by atoms with Crippen molar-refractivity contribution < 1.29 is 0 Å². The zero-order valence-corrected chi connectivity index (χ0v) is 11.4. The van der Waals surface area contributed by atoms with Crippen molar-refractivity contribution in [3.63, 3.8) is 0 Å². The fraction of sp³-hybridized carbons (Fsp3) is 0.714. The van der Waals surface area contributed by atoms with Crippen molar-refractivity contribution in [2.24, 2.45) is 11.8 Å². The van der Waals surface area contributed by atoms with E-state index in [-0.39, 0.29) is 0 Å². The Hall–Kier alpha value is -1.32. The van der Waals surface area contributed by atoms with Gasteiger partial charge in [0.25, 0.3) is 0 Å². The van der Waals surface area contributed by atoms with Gasteiger partial charge in [0.15, 0.2) is 0 Å². The van der Waals surface area contributed by atoms with Gasteiger partial charge >= 0.3 is 0 Å². The van der Waals surface area contributed by atoms with Crippen LogP contribution in [0.4, 0.5) is 11.8 Å². The van der Waals surface area contributed by atoms with Gasteiger partial charge in [0, 0.05) is 19.8 Å². The van der Waals surface area contributed by atoms with Crippen molar-refractivity contribution >= 4 is 11.8 Å². The van der Waals surface area contributed by atoms with E-state index < -0.39 is 0 Å². The molecule has 2 N–H and O–H groups in total. The molecule has 1 fully saturated rings. The third kappa shape index (κ3) is 3.59. The smallest absolute Gasteiger partial charge is 0.224 e. The molecule has 0 saturated heterocycles. The van der Waals surface area contributed by atoms with Crippen molar-refractivity contribution in [3.8, 4) is 0 Å². The number of hydrogen-bond acceptors (Lipinski definition) is 4. The largest absolute Gasteiger partial charge is 0.370 e. The number of rotatable bonds is 5. The zero-order valence-electron chi connectivity index (χ0n) is 11.4. The Morgan fingerprint density at radius 2 is 1.94 bits per heavy atom. The van der Waals surface area contributed by atoms with Gasteiger partial charge in [-0.25, -0.2) is 4.98 Å². The molecular weight excluding hydrogens is 224 g/mol. The van der Waals surface area contributed by atoms with E-state index in [0.717, 1.165) is 24.2 Å². The number of nitrogens with one attached hydrogen (secondary N) is 2. The first-order chi connectivity index (χ1) is 8.81. The van der Waals surface area contributed by atoms with Crippen LogP contribution in [0, 0.1) is 11.8 Å². The molecule has 4 heteroatoms. The van der Waals surface area contributed by atoms with E-state index in [0.29, 0.717) is 5.95 Å². The number of aromatic nitrogens is 2. The summed E-state index contributed by atoms with van der Waals surface area (Å²) >= 11 is 0. The zero-order chi connectivity index (χ0) is 12.8. The third-order valence-electron chi connectivity index (χ3n) is 3.99. The van der Waals surface area contributed by atoms with Crippen LogP contribution >= 0.6 is 0 Å². The molecular formula is C14H24N4. The summed E-state index contributed by atoms with van der Waals surface area (Å²) in [4.78, 5) is 8.48. The predicted octanol–water partition coefficient (Wildman–Crippen LogP) is 3.15. The summed E-state index contributed by atoms with van der Waals surface area (Å²) in [6.45, 7) is 3.35. The van der Waals surface area contributed by atoms with Gasteiger partial charge < -0.3 is 10.6 Å². The molecule has 0 radical (unpaired) electrons. The summed E-state index contributed by atoms with van der Waals surface area (Å²) in [5.74, 6) is 3.37. The lowest BCUT2D eigenvalue weighted by atomic mass is 9.81. The number of anilines is 2. The molecule has 0 aliphatic heterocycles. The van der Waals surface area contributed by atoms with Gasteiger partial charge in [0.1, 0.15) is 5.82 Å². The van der Waals surface area contributed by atoms with Gasteiger partial charge in [0.05, 0.1) is 0 Å². The van der Waals surface area contributed by atoms with E-state index >= 15 is 0 Å². The molecule has 0 amide bonds. The van der Waals surface area contributed by atoms with Crippen LogP contribution in [0.3, 0.4) is 0 Å². The van der Waals surface area contributed by atoms with Crippen LogP contribution in [0.5, 0.6) is 0 Å². The van der Waals surface area contributed by atoms with Gasteiger partial charge in [-0.15, -0.1) is 0 Å². The van der Waals surface area contributed by atoms with Crippen LogP contribution in [0.1, 0.15) is 39.0 Å². The second kappa shape index (κ2) is 6.57. The van der Waals surface area contributed by atoms with Crippen LogP contribution in [-0.4, -0.2) is 23.6 Å². The molecule has 1 aromatic heterocycles. The van der Waals surface area contributed by atoms with E-state index in [1.807, 2.05) is 13.1 Å². The van der Waals surface area contributed by atoms with Gasteiger partial charge in [0.2, 0.25) is 5.95 Å². The van der Waals surface area contributed by atoms with E-state index in [1.54, 1.807) is 6.20 Å². The molecule has 1 heterocycles. The molecule has 0 atom stereocenters. The van der Waals surface area contributed by atoms with Gasteiger partial charge in [-0.3, -0.25) is 0 Å². The normalized spacial score (nSPS) is 23.7. The van der Waals surface area contributed by atoms with Gasteiger partial charge in [-0.05, 0) is 30.7 Å². The lowest BCUT2D eigenvalue weighted by Crippen LogP contribution is -2.21. The average molecular weight is 248 g/mol. The summed E-state index contributed by atoms with van der Waals surface area (Å²) < 4.78 is 0. The first kappa shape index (κ1) is 13.1. The minimum absolute atomic E-state index is 0.676. The van der Waals surface area contributed by atoms with E-state index in [4.69, 9.17) is 0 Å². The minimum Gasteiger partial charge on any atom is -0.370 e. The first-order valence-electron chi connectivity index (χ1n) is 7.06. The summed E-state index contributed by atoms with van der Waals surface area (Å²) in [6, 6.07) is 1.93. The Kier molecular flexibility index (Phi) is 4.79. The SMILES string of the molecule is CCC1CCC(CNc2ccnc(NC)n2)CC1. The van der Waals surface area contributed by atoms with Crippen LogP contribution in [-0.2, 0) is 0 Å². The molecule has 4 nitrogen and oxygen atoms in total. The second-order valence-electron chi connectivity index (χ2n) is 5.19. The first-order valence-corrected chi connectivity index (χ1v) is 7.06. The van der Waals surface area contributed by atoms with Crippen LogP contribution in [0.2, 0.25) is 0 Å². The quantitative estimate of drug-likeness (QED) is 0.840. The summed E-state index contributed by atoms with van der Waals surface area (Å²) in [5, 5.41) is 6.39. The monoisotopic (exact) mass is 248 g/mol. The van der Waals surface area contributed by atoms with E-state index in [1.165, 1.54) is 32.1 Å². The second-order valence-corrected chi connectivity index (χ2v) is 5.19. The summed E-state index contributed by atoms with van der Waals surface area (Å²) in [5.41, 5.74) is 0. The maximum atomic E-state index is 4.37. The van der Waals surface area contributed by atoms with E-state index in [2.05, 4.69) is 27.5 Å². The standard InChI is InChI=1S/C14H24N4/c1-3-11-4-6-12(7-5-11)10-17-13-8-9-16-14(15-2)18-13/h8-9,11-12H,3-7,10H2,1-2H3,(H2,15,16,17,18). The highest BCUT2D eigenvalue weighted by molar-refractivity contribution is 5.39. The van der Waals surface area contributed by atoms with Crippen LogP contribution in [0.15, 0.2) is 12.3 Å². The van der Waals surface area contributed by atoms with Crippen molar-refractivity contribution in [1.29, 1.82) is 0 Å². The Morgan fingerprint density at radius 1 is 1.22 bits per heavy atom. The number of nitrogens with zero attached hydrogens (tertiary/aromatic N) is 2. The third-order valence-corrected chi connectivity index (χ3v) is 3.99. The maximum Gasteiger partial charge on any atom is 0.224 e. The van der Waals surface area contributed by atoms with Crippen molar-refractivity contribution in [3.05, 3.63) is 12.3 Å². The molecule has 0 bridgehead atoms. The minimum atomic E-state index is 0.676. The van der Waals surface area contributed by atoms with Crippen molar-refractivity contribution in [2.45, 2.75) is 39.0 Å². The molecule has 0 unspecified atom stereocenters. The van der Waals surface area contributed by atoms with Crippen molar-refractivity contribution in [1.82, 2.24) is 9.97 Å². The van der Waals surface area contributed by atoms with Crippen molar-refractivity contribution in [2.75, 3.05) is 24.2 Å². The molecule has 1 saturated carbocycles. The maximum absolute atomic E-state index is 4.37. The fourth-order valence-electron chi connectivity index (χ4n) is 2.67. The fourth-order valence-corrected chi connectivity index (χ4v) is 2.67.